The first kappa shape index (κ1) is 12.0. The molecule has 0 aliphatic carbocycles. The molecular formula is C16H13ClN2. The summed E-state index contributed by atoms with van der Waals surface area (Å²) in [5.74, 6) is 0. The van der Waals surface area contributed by atoms with Crippen LogP contribution in [0.15, 0.2) is 71.9 Å². The molecule has 19 heavy (non-hydrogen) atoms. The van der Waals surface area contributed by atoms with Crippen molar-refractivity contribution in [3.05, 3.63) is 72.4 Å². The highest BCUT2D eigenvalue weighted by Crippen LogP contribution is 2.25. The van der Waals surface area contributed by atoms with Crippen LogP contribution in [0.2, 0.25) is 0 Å². The molecule has 2 nitrogen and oxygen atoms in total. The Balaban J connectivity index is 1.98. The van der Waals surface area contributed by atoms with Crippen LogP contribution in [0.3, 0.4) is 0 Å². The molecule has 3 heteroatoms. The van der Waals surface area contributed by atoms with Gasteiger partial charge in [-0.05, 0) is 12.1 Å². The summed E-state index contributed by atoms with van der Waals surface area (Å²) >= 11 is 6.17. The molecule has 2 aromatic rings. The lowest BCUT2D eigenvalue weighted by molar-refractivity contribution is 1.11. The van der Waals surface area contributed by atoms with Crippen molar-refractivity contribution < 1.29 is 0 Å². The van der Waals surface area contributed by atoms with Gasteiger partial charge in [0.15, 0.2) is 0 Å². The van der Waals surface area contributed by atoms with Gasteiger partial charge in [-0.25, -0.2) is 4.99 Å². The van der Waals surface area contributed by atoms with E-state index in [1.165, 1.54) is 0 Å². The fraction of sp³-hybridized carbons (Fsp3) is 0.0625. The number of anilines is 1. The van der Waals surface area contributed by atoms with Gasteiger partial charge in [0.05, 0.1) is 12.2 Å². The third-order valence-corrected chi connectivity index (χ3v) is 3.18. The van der Waals surface area contributed by atoms with Crippen LogP contribution in [0.5, 0.6) is 0 Å². The zero-order valence-corrected chi connectivity index (χ0v) is 11.1. The van der Waals surface area contributed by atoms with E-state index in [9.17, 15) is 0 Å². The molecule has 0 bridgehead atoms. The Morgan fingerprint density at radius 1 is 0.895 bits per heavy atom. The lowest BCUT2D eigenvalue weighted by atomic mass is 10.1. The van der Waals surface area contributed by atoms with Gasteiger partial charge in [0.1, 0.15) is 5.17 Å². The van der Waals surface area contributed by atoms with Crippen LogP contribution in [0.25, 0.3) is 5.70 Å². The van der Waals surface area contributed by atoms with Crippen LogP contribution in [0.4, 0.5) is 5.69 Å². The summed E-state index contributed by atoms with van der Waals surface area (Å²) in [6, 6.07) is 20.2. The van der Waals surface area contributed by atoms with Crippen LogP contribution in [0.1, 0.15) is 5.56 Å². The average molecular weight is 269 g/mol. The van der Waals surface area contributed by atoms with Gasteiger partial charge in [0.2, 0.25) is 0 Å². The van der Waals surface area contributed by atoms with E-state index >= 15 is 0 Å². The number of hydrogen-bond acceptors (Lipinski definition) is 2. The molecule has 0 atom stereocenters. The third kappa shape index (κ3) is 2.69. The summed E-state index contributed by atoms with van der Waals surface area (Å²) in [6.45, 7) is 0.613. The fourth-order valence-corrected chi connectivity index (χ4v) is 2.28. The van der Waals surface area contributed by atoms with E-state index in [4.69, 9.17) is 11.6 Å². The van der Waals surface area contributed by atoms with Gasteiger partial charge in [-0.1, -0.05) is 60.1 Å². The summed E-state index contributed by atoms with van der Waals surface area (Å²) in [4.78, 5) is 6.54. The maximum Gasteiger partial charge on any atom is 0.126 e. The molecule has 2 aromatic carbocycles. The van der Waals surface area contributed by atoms with Gasteiger partial charge < -0.3 is 4.90 Å². The quantitative estimate of drug-likeness (QED) is 0.799. The predicted molar refractivity (Wildman–Crippen MR) is 81.5 cm³/mol. The molecule has 0 N–H and O–H groups in total. The highest BCUT2D eigenvalue weighted by molar-refractivity contribution is 6.66. The molecule has 0 fully saturated rings. The van der Waals surface area contributed by atoms with E-state index < -0.39 is 0 Å². The lowest BCUT2D eigenvalue weighted by Gasteiger charge is -2.24. The Hall–Kier alpha value is -2.06. The van der Waals surface area contributed by atoms with E-state index in [0.29, 0.717) is 11.7 Å². The van der Waals surface area contributed by atoms with E-state index in [-0.39, 0.29) is 0 Å². The molecule has 0 amide bonds. The van der Waals surface area contributed by atoms with Crippen LogP contribution in [0, 0.1) is 0 Å². The second kappa shape index (κ2) is 5.29. The zero-order chi connectivity index (χ0) is 13.1. The number of para-hydroxylation sites is 1. The number of nitrogens with zero attached hydrogens (tertiary/aromatic N) is 2. The van der Waals surface area contributed by atoms with Crippen molar-refractivity contribution in [2.75, 3.05) is 11.4 Å². The molecule has 3 rings (SSSR count). The zero-order valence-electron chi connectivity index (χ0n) is 10.3. The van der Waals surface area contributed by atoms with Gasteiger partial charge in [0, 0.05) is 17.5 Å². The van der Waals surface area contributed by atoms with Crippen molar-refractivity contribution >= 4 is 28.2 Å². The molecule has 94 valence electrons. The van der Waals surface area contributed by atoms with Crippen LogP contribution >= 0.6 is 11.6 Å². The molecular weight excluding hydrogens is 256 g/mol. The molecule has 0 spiro atoms. The maximum atomic E-state index is 6.17. The first-order chi connectivity index (χ1) is 9.33. The van der Waals surface area contributed by atoms with Crippen molar-refractivity contribution in [1.29, 1.82) is 0 Å². The molecule has 1 aliphatic rings. The Labute approximate surface area is 117 Å². The van der Waals surface area contributed by atoms with E-state index in [1.54, 1.807) is 0 Å². The van der Waals surface area contributed by atoms with E-state index in [0.717, 1.165) is 16.9 Å². The van der Waals surface area contributed by atoms with Crippen molar-refractivity contribution in [3.8, 4) is 0 Å². The summed E-state index contributed by atoms with van der Waals surface area (Å²) in [5.41, 5.74) is 3.07. The van der Waals surface area contributed by atoms with Crippen molar-refractivity contribution in [1.82, 2.24) is 0 Å². The molecule has 0 saturated heterocycles. The van der Waals surface area contributed by atoms with Crippen molar-refractivity contribution in [2.24, 2.45) is 4.99 Å². The maximum absolute atomic E-state index is 6.17. The topological polar surface area (TPSA) is 15.6 Å². The second-order valence-corrected chi connectivity index (χ2v) is 4.77. The first-order valence-corrected chi connectivity index (χ1v) is 6.53. The van der Waals surface area contributed by atoms with Crippen molar-refractivity contribution in [3.63, 3.8) is 0 Å². The minimum absolute atomic E-state index is 0.602. The van der Waals surface area contributed by atoms with E-state index in [1.807, 2.05) is 54.7 Å². The first-order valence-electron chi connectivity index (χ1n) is 6.15. The van der Waals surface area contributed by atoms with Crippen LogP contribution < -0.4 is 4.90 Å². The summed E-state index contributed by atoms with van der Waals surface area (Å²) in [7, 11) is 0. The van der Waals surface area contributed by atoms with Crippen molar-refractivity contribution in [2.45, 2.75) is 0 Å². The molecule has 0 aromatic heterocycles. The summed E-state index contributed by atoms with van der Waals surface area (Å²) in [5, 5.41) is 0.602. The Morgan fingerprint density at radius 2 is 1.53 bits per heavy atom. The molecule has 1 heterocycles. The second-order valence-electron chi connectivity index (χ2n) is 4.33. The highest BCUT2D eigenvalue weighted by atomic mass is 35.5. The summed E-state index contributed by atoms with van der Waals surface area (Å²) < 4.78 is 0. The van der Waals surface area contributed by atoms with Gasteiger partial charge in [-0.2, -0.15) is 0 Å². The monoisotopic (exact) mass is 268 g/mol. The van der Waals surface area contributed by atoms with Crippen LogP contribution in [-0.2, 0) is 0 Å². The fourth-order valence-electron chi connectivity index (χ4n) is 2.06. The van der Waals surface area contributed by atoms with Gasteiger partial charge >= 0.3 is 0 Å². The number of halogens is 1. The number of aliphatic imine (C=N–C) groups is 1. The predicted octanol–water partition coefficient (Wildman–Crippen LogP) is 4.14. The van der Waals surface area contributed by atoms with E-state index in [2.05, 4.69) is 22.0 Å². The minimum Gasteiger partial charge on any atom is -0.339 e. The Morgan fingerprint density at radius 3 is 2.21 bits per heavy atom. The molecule has 0 saturated carbocycles. The van der Waals surface area contributed by atoms with Gasteiger partial charge in [-0.3, -0.25) is 0 Å². The minimum atomic E-state index is 0.602. The number of benzene rings is 2. The summed E-state index contributed by atoms with van der Waals surface area (Å²) in [6.07, 6.45) is 2.04. The van der Waals surface area contributed by atoms with Gasteiger partial charge in [-0.15, -0.1) is 0 Å². The molecule has 1 aliphatic heterocycles. The smallest absolute Gasteiger partial charge is 0.126 e. The largest absolute Gasteiger partial charge is 0.339 e. The number of hydrogen-bond donors (Lipinski definition) is 0. The lowest BCUT2D eigenvalue weighted by Crippen LogP contribution is -2.25. The number of rotatable bonds is 2. The van der Waals surface area contributed by atoms with Gasteiger partial charge in [0.25, 0.3) is 0 Å². The molecule has 0 radical (unpaired) electrons. The normalized spacial score (nSPS) is 14.9. The highest BCUT2D eigenvalue weighted by Gasteiger charge is 2.14. The third-order valence-electron chi connectivity index (χ3n) is 2.98. The Bertz CT molecular complexity index is 618. The Kier molecular flexibility index (Phi) is 3.34. The van der Waals surface area contributed by atoms with Crippen LogP contribution in [-0.4, -0.2) is 11.7 Å². The SMILES string of the molecule is ClC1=NC(c2ccccc2)=CN(c2ccccc2)C1. The molecule has 0 unspecified atom stereocenters. The standard InChI is InChI=1S/C16H13ClN2/c17-16-12-19(14-9-5-2-6-10-14)11-15(18-16)13-7-3-1-4-8-13/h1-11H,12H2. The average Bonchev–Trinajstić information content (AvgIpc) is 2.48.